The van der Waals surface area contributed by atoms with E-state index in [0.717, 1.165) is 30.3 Å². The number of hydrogen-bond donors (Lipinski definition) is 3. The molecule has 0 spiro atoms. The van der Waals surface area contributed by atoms with Crippen LogP contribution in [0.15, 0.2) is 29.1 Å². The van der Waals surface area contributed by atoms with Crippen LogP contribution in [0.5, 0.6) is 0 Å². The highest BCUT2D eigenvalue weighted by molar-refractivity contribution is 5.81. The number of fused-ring (bicyclic) bond motifs is 1. The number of nitrogens with zero attached hydrogens (tertiary/aromatic N) is 2. The van der Waals surface area contributed by atoms with Gasteiger partial charge in [-0.15, -0.1) is 0 Å². The van der Waals surface area contributed by atoms with Gasteiger partial charge in [0, 0.05) is 32.1 Å². The molecule has 1 saturated heterocycles. The molecule has 26 heavy (non-hydrogen) atoms. The molecule has 140 valence electrons. The number of carbonyl (C=O) groups excluding carboxylic acids is 2. The van der Waals surface area contributed by atoms with Crippen molar-refractivity contribution in [3.63, 3.8) is 0 Å². The summed E-state index contributed by atoms with van der Waals surface area (Å²) in [6.07, 6.45) is 3.08. The van der Waals surface area contributed by atoms with Crippen LogP contribution in [0.3, 0.4) is 0 Å². The number of piperidine rings is 1. The summed E-state index contributed by atoms with van der Waals surface area (Å²) in [5, 5.41) is 2.85. The first-order valence-electron chi connectivity index (χ1n) is 9.04. The number of H-pyrrole nitrogens is 1. The van der Waals surface area contributed by atoms with Crippen LogP contribution in [-0.4, -0.2) is 51.9 Å². The molecule has 0 bridgehead atoms. The van der Waals surface area contributed by atoms with Gasteiger partial charge < -0.3 is 20.9 Å². The topological polar surface area (TPSA) is 113 Å². The fourth-order valence-corrected chi connectivity index (χ4v) is 3.48. The number of imidazole rings is 1. The molecule has 0 saturated carbocycles. The first-order valence-corrected chi connectivity index (χ1v) is 9.04. The Morgan fingerprint density at radius 3 is 2.88 bits per heavy atom. The lowest BCUT2D eigenvalue weighted by Gasteiger charge is -2.36. The van der Waals surface area contributed by atoms with E-state index in [0.29, 0.717) is 19.6 Å². The van der Waals surface area contributed by atoms with Gasteiger partial charge in [0.05, 0.1) is 11.0 Å². The minimum Gasteiger partial charge on any atom is -0.354 e. The molecule has 8 heteroatoms. The molecule has 2 aromatic rings. The van der Waals surface area contributed by atoms with E-state index >= 15 is 0 Å². The van der Waals surface area contributed by atoms with E-state index in [1.54, 1.807) is 4.90 Å². The average molecular weight is 359 g/mol. The van der Waals surface area contributed by atoms with Gasteiger partial charge in [0.15, 0.2) is 0 Å². The third-order valence-corrected chi connectivity index (χ3v) is 4.83. The van der Waals surface area contributed by atoms with Crippen molar-refractivity contribution in [2.75, 3.05) is 19.6 Å². The van der Waals surface area contributed by atoms with Crippen molar-refractivity contribution in [1.82, 2.24) is 19.8 Å². The van der Waals surface area contributed by atoms with Gasteiger partial charge in [0.1, 0.15) is 6.54 Å². The van der Waals surface area contributed by atoms with Gasteiger partial charge in [-0.05, 0) is 31.4 Å². The van der Waals surface area contributed by atoms with Gasteiger partial charge in [-0.1, -0.05) is 12.1 Å². The van der Waals surface area contributed by atoms with Crippen LogP contribution in [0.4, 0.5) is 0 Å². The lowest BCUT2D eigenvalue weighted by atomic mass is 10.0. The molecule has 2 heterocycles. The molecule has 0 aliphatic carbocycles. The van der Waals surface area contributed by atoms with Crippen LogP contribution < -0.4 is 16.7 Å². The highest BCUT2D eigenvalue weighted by Crippen LogP contribution is 2.18. The highest BCUT2D eigenvalue weighted by Gasteiger charge is 2.27. The van der Waals surface area contributed by atoms with Crippen molar-refractivity contribution in [1.29, 1.82) is 0 Å². The van der Waals surface area contributed by atoms with E-state index < -0.39 is 0 Å². The maximum Gasteiger partial charge on any atom is 0.326 e. The molecular weight excluding hydrogens is 334 g/mol. The zero-order chi connectivity index (χ0) is 18.5. The van der Waals surface area contributed by atoms with E-state index in [4.69, 9.17) is 5.73 Å². The molecule has 1 atom stereocenters. The van der Waals surface area contributed by atoms with Gasteiger partial charge in [0.25, 0.3) is 0 Å². The van der Waals surface area contributed by atoms with Crippen LogP contribution in [0.1, 0.15) is 25.7 Å². The van der Waals surface area contributed by atoms with E-state index in [1.165, 1.54) is 4.57 Å². The summed E-state index contributed by atoms with van der Waals surface area (Å²) in [6.45, 7) is 1.37. The standard InChI is InChI=1S/C18H25N5O3/c19-9-8-16(24)20-11-13-5-3-4-10-22(13)17(25)12-23-15-7-2-1-6-14(15)21-18(23)26/h1-2,6-7,13H,3-5,8-12,19H2,(H,20,24)(H,21,26). The number of aromatic nitrogens is 2. The van der Waals surface area contributed by atoms with Crippen LogP contribution in [-0.2, 0) is 16.1 Å². The second kappa shape index (κ2) is 8.18. The first-order chi connectivity index (χ1) is 12.6. The number of amides is 2. The Labute approximate surface area is 151 Å². The zero-order valence-corrected chi connectivity index (χ0v) is 14.7. The third kappa shape index (κ3) is 3.96. The number of para-hydroxylation sites is 2. The third-order valence-electron chi connectivity index (χ3n) is 4.83. The Balaban J connectivity index is 1.71. The minimum absolute atomic E-state index is 0.00388. The van der Waals surface area contributed by atoms with Gasteiger partial charge in [0.2, 0.25) is 11.8 Å². The fourth-order valence-electron chi connectivity index (χ4n) is 3.48. The van der Waals surface area contributed by atoms with E-state index in [2.05, 4.69) is 10.3 Å². The molecule has 1 aromatic carbocycles. The van der Waals surface area contributed by atoms with E-state index in [1.807, 2.05) is 24.3 Å². The molecule has 1 fully saturated rings. The quantitative estimate of drug-likeness (QED) is 0.682. The maximum atomic E-state index is 12.9. The predicted octanol–water partition coefficient (Wildman–Crippen LogP) is 0.176. The Bertz CT molecular complexity index is 841. The molecule has 4 N–H and O–H groups in total. The van der Waals surface area contributed by atoms with Crippen molar-refractivity contribution >= 4 is 22.8 Å². The number of nitrogens with one attached hydrogen (secondary N) is 2. The van der Waals surface area contributed by atoms with E-state index in [-0.39, 0.29) is 36.5 Å². The summed E-state index contributed by atoms with van der Waals surface area (Å²) in [6, 6.07) is 7.27. The Kier molecular flexibility index (Phi) is 5.72. The fraction of sp³-hybridized carbons (Fsp3) is 0.500. The van der Waals surface area contributed by atoms with Crippen LogP contribution in [0.25, 0.3) is 11.0 Å². The highest BCUT2D eigenvalue weighted by atomic mass is 16.2. The summed E-state index contributed by atoms with van der Waals surface area (Å²) < 4.78 is 1.47. The van der Waals surface area contributed by atoms with Crippen LogP contribution in [0.2, 0.25) is 0 Å². The molecular formula is C18H25N5O3. The van der Waals surface area contributed by atoms with Crippen molar-refractivity contribution in [3.05, 3.63) is 34.7 Å². The van der Waals surface area contributed by atoms with Gasteiger partial charge in [-0.2, -0.15) is 0 Å². The van der Waals surface area contributed by atoms with Crippen molar-refractivity contribution in [2.45, 2.75) is 38.3 Å². The lowest BCUT2D eigenvalue weighted by molar-refractivity contribution is -0.136. The van der Waals surface area contributed by atoms with Gasteiger partial charge in [-0.25, -0.2) is 4.79 Å². The monoisotopic (exact) mass is 359 g/mol. The number of aromatic amines is 1. The molecule has 1 aliphatic rings. The summed E-state index contributed by atoms with van der Waals surface area (Å²) in [7, 11) is 0. The normalized spacial score (nSPS) is 17.4. The van der Waals surface area contributed by atoms with Crippen molar-refractivity contribution < 1.29 is 9.59 Å². The second-order valence-electron chi connectivity index (χ2n) is 6.61. The van der Waals surface area contributed by atoms with Gasteiger partial charge >= 0.3 is 5.69 Å². The smallest absolute Gasteiger partial charge is 0.326 e. The Hall–Kier alpha value is -2.61. The van der Waals surface area contributed by atoms with E-state index in [9.17, 15) is 14.4 Å². The lowest BCUT2D eigenvalue weighted by Crippen LogP contribution is -2.50. The predicted molar refractivity (Wildman–Crippen MR) is 98.6 cm³/mol. The second-order valence-corrected chi connectivity index (χ2v) is 6.61. The summed E-state index contributed by atoms with van der Waals surface area (Å²) in [5.74, 6) is -0.201. The Morgan fingerprint density at radius 2 is 2.08 bits per heavy atom. The molecule has 1 unspecified atom stereocenters. The molecule has 0 radical (unpaired) electrons. The van der Waals surface area contributed by atoms with Gasteiger partial charge in [-0.3, -0.25) is 14.2 Å². The number of hydrogen-bond acceptors (Lipinski definition) is 4. The molecule has 8 nitrogen and oxygen atoms in total. The zero-order valence-electron chi connectivity index (χ0n) is 14.7. The summed E-state index contributed by atoms with van der Waals surface area (Å²) in [5.41, 5.74) is 6.54. The van der Waals surface area contributed by atoms with Crippen molar-refractivity contribution in [3.8, 4) is 0 Å². The number of carbonyl (C=O) groups is 2. The number of likely N-dealkylation sites (tertiary alicyclic amines) is 1. The number of nitrogens with two attached hydrogens (primary N) is 1. The SMILES string of the molecule is NCCC(=O)NCC1CCCCN1C(=O)Cn1c(=O)[nH]c2ccccc21. The molecule has 2 amide bonds. The number of rotatable bonds is 6. The molecule has 1 aromatic heterocycles. The number of benzene rings is 1. The maximum absolute atomic E-state index is 12.9. The Morgan fingerprint density at radius 1 is 1.27 bits per heavy atom. The first kappa shape index (κ1) is 18.2. The van der Waals surface area contributed by atoms with Crippen molar-refractivity contribution in [2.24, 2.45) is 5.73 Å². The largest absolute Gasteiger partial charge is 0.354 e. The summed E-state index contributed by atoms with van der Waals surface area (Å²) in [4.78, 5) is 41.3. The average Bonchev–Trinajstić information content (AvgIpc) is 2.96. The molecule has 3 rings (SSSR count). The minimum atomic E-state index is -0.288. The van der Waals surface area contributed by atoms with Crippen LogP contribution >= 0.6 is 0 Å². The summed E-state index contributed by atoms with van der Waals surface area (Å²) >= 11 is 0. The molecule has 1 aliphatic heterocycles. The van der Waals surface area contributed by atoms with Crippen LogP contribution in [0, 0.1) is 0 Å².